The van der Waals surface area contributed by atoms with E-state index < -0.39 is 5.97 Å². The zero-order chi connectivity index (χ0) is 25.4. The Balaban J connectivity index is 1.47. The summed E-state index contributed by atoms with van der Waals surface area (Å²) in [6, 6.07) is 19.8. The summed E-state index contributed by atoms with van der Waals surface area (Å²) in [6.07, 6.45) is 3.90. The summed E-state index contributed by atoms with van der Waals surface area (Å²) in [7, 11) is 1.67. The molecular formula is C27H19Cl2N3O3S. The van der Waals surface area contributed by atoms with E-state index in [9.17, 15) is 9.59 Å². The molecule has 0 bridgehead atoms. The molecule has 1 aromatic heterocycles. The largest absolute Gasteiger partial charge is 0.478 e. The Bertz CT molecular complexity index is 1580. The molecule has 1 N–H and O–H groups in total. The molecule has 0 unspecified atom stereocenters. The molecule has 1 amide bonds. The summed E-state index contributed by atoms with van der Waals surface area (Å²) < 4.78 is 2.12. The van der Waals surface area contributed by atoms with Crippen molar-refractivity contribution in [3.05, 3.63) is 105 Å². The van der Waals surface area contributed by atoms with Gasteiger partial charge in [-0.25, -0.2) is 9.79 Å². The van der Waals surface area contributed by atoms with Crippen LogP contribution in [0.5, 0.6) is 0 Å². The fourth-order valence-corrected chi connectivity index (χ4v) is 5.24. The molecule has 9 heteroatoms. The molecule has 3 aromatic carbocycles. The number of para-hydroxylation sites is 1. The number of amidine groups is 1. The van der Waals surface area contributed by atoms with Crippen molar-refractivity contribution in [1.82, 2.24) is 9.47 Å². The van der Waals surface area contributed by atoms with Crippen LogP contribution in [0.1, 0.15) is 21.5 Å². The van der Waals surface area contributed by atoms with Gasteiger partial charge in [0.2, 0.25) is 0 Å². The van der Waals surface area contributed by atoms with Gasteiger partial charge >= 0.3 is 5.97 Å². The number of thioether (sulfide) groups is 1. The van der Waals surface area contributed by atoms with Gasteiger partial charge in [-0.1, -0.05) is 47.5 Å². The van der Waals surface area contributed by atoms with Gasteiger partial charge in [-0.2, -0.15) is 0 Å². The molecule has 1 fully saturated rings. The van der Waals surface area contributed by atoms with Crippen LogP contribution < -0.4 is 0 Å². The summed E-state index contributed by atoms with van der Waals surface area (Å²) in [5.74, 6) is -1.15. The maximum atomic E-state index is 13.0. The van der Waals surface area contributed by atoms with Crippen molar-refractivity contribution in [2.75, 3.05) is 7.05 Å². The lowest BCUT2D eigenvalue weighted by Crippen LogP contribution is -2.23. The van der Waals surface area contributed by atoms with Gasteiger partial charge in [0.15, 0.2) is 5.17 Å². The SMILES string of the molecule is CN1C(=O)/C(=C/c2cn(Cc3ccc(Cl)c(Cl)c3)c3ccccc23)SC1=Nc1ccc(C(=O)O)cc1. The number of aromatic carboxylic acids is 1. The highest BCUT2D eigenvalue weighted by Crippen LogP contribution is 2.35. The van der Waals surface area contributed by atoms with E-state index in [-0.39, 0.29) is 11.5 Å². The van der Waals surface area contributed by atoms with Crippen LogP contribution in [0.4, 0.5) is 5.69 Å². The first-order chi connectivity index (χ1) is 17.3. The topological polar surface area (TPSA) is 74.9 Å². The van der Waals surface area contributed by atoms with Crippen LogP contribution in [0.25, 0.3) is 17.0 Å². The number of carbonyl (C=O) groups is 2. The van der Waals surface area contributed by atoms with Gasteiger partial charge in [0.25, 0.3) is 5.91 Å². The number of carbonyl (C=O) groups excluding carboxylic acids is 1. The van der Waals surface area contributed by atoms with Crippen LogP contribution in [0.15, 0.2) is 82.8 Å². The number of likely N-dealkylation sites (N-methyl/N-ethyl adjacent to an activating group) is 1. The van der Waals surface area contributed by atoms with Crippen LogP contribution in [-0.4, -0.2) is 38.7 Å². The number of carboxylic acid groups (broad SMARTS) is 1. The third kappa shape index (κ3) is 4.78. The number of benzene rings is 3. The summed E-state index contributed by atoms with van der Waals surface area (Å²) in [5, 5.41) is 11.6. The van der Waals surface area contributed by atoms with Gasteiger partial charge in [-0.3, -0.25) is 9.69 Å². The molecule has 6 nitrogen and oxygen atoms in total. The van der Waals surface area contributed by atoms with Crippen molar-refractivity contribution in [2.45, 2.75) is 6.54 Å². The number of nitrogens with zero attached hydrogens (tertiary/aromatic N) is 3. The number of aliphatic imine (C=N–C) groups is 1. The van der Waals surface area contributed by atoms with Gasteiger partial charge in [0.05, 0.1) is 26.2 Å². The molecule has 0 saturated carbocycles. The Labute approximate surface area is 221 Å². The number of hydrogen-bond donors (Lipinski definition) is 1. The molecule has 1 aliphatic heterocycles. The summed E-state index contributed by atoms with van der Waals surface area (Å²) >= 11 is 13.6. The number of halogens is 2. The number of hydrogen-bond acceptors (Lipinski definition) is 4. The van der Waals surface area contributed by atoms with Crippen molar-refractivity contribution in [3.8, 4) is 0 Å². The smallest absolute Gasteiger partial charge is 0.335 e. The second-order valence-electron chi connectivity index (χ2n) is 8.20. The van der Waals surface area contributed by atoms with Crippen LogP contribution >= 0.6 is 35.0 Å². The molecule has 1 saturated heterocycles. The predicted molar refractivity (Wildman–Crippen MR) is 146 cm³/mol. The highest BCUT2D eigenvalue weighted by molar-refractivity contribution is 8.18. The quantitative estimate of drug-likeness (QED) is 0.281. The Kier molecular flexibility index (Phi) is 6.62. The van der Waals surface area contributed by atoms with Crippen molar-refractivity contribution >= 4 is 74.7 Å². The molecule has 5 rings (SSSR count). The van der Waals surface area contributed by atoms with Crippen molar-refractivity contribution in [1.29, 1.82) is 0 Å². The van der Waals surface area contributed by atoms with E-state index in [1.165, 1.54) is 28.8 Å². The molecule has 180 valence electrons. The highest BCUT2D eigenvalue weighted by Gasteiger charge is 2.30. The summed E-state index contributed by atoms with van der Waals surface area (Å²) in [6.45, 7) is 0.598. The minimum Gasteiger partial charge on any atom is -0.478 e. The van der Waals surface area contributed by atoms with Gasteiger partial charge in [-0.05, 0) is 65.9 Å². The fraction of sp³-hybridized carbons (Fsp3) is 0.0741. The molecule has 0 radical (unpaired) electrons. The molecule has 0 atom stereocenters. The fourth-order valence-electron chi connectivity index (χ4n) is 3.94. The van der Waals surface area contributed by atoms with Crippen LogP contribution in [0, 0.1) is 0 Å². The predicted octanol–water partition coefficient (Wildman–Crippen LogP) is 6.93. The first-order valence-electron chi connectivity index (χ1n) is 10.9. The average molecular weight is 536 g/mol. The number of rotatable bonds is 5. The molecule has 2 heterocycles. The van der Waals surface area contributed by atoms with E-state index in [4.69, 9.17) is 28.3 Å². The van der Waals surface area contributed by atoms with Gasteiger partial charge in [-0.15, -0.1) is 0 Å². The van der Waals surface area contributed by atoms with Crippen molar-refractivity contribution < 1.29 is 14.7 Å². The molecule has 4 aromatic rings. The van der Waals surface area contributed by atoms with Crippen molar-refractivity contribution in [2.24, 2.45) is 4.99 Å². The number of amides is 1. The van der Waals surface area contributed by atoms with Gasteiger partial charge < -0.3 is 9.67 Å². The summed E-state index contributed by atoms with van der Waals surface area (Å²) in [4.78, 5) is 30.7. The number of aromatic nitrogens is 1. The molecule has 36 heavy (non-hydrogen) atoms. The monoisotopic (exact) mass is 535 g/mol. The summed E-state index contributed by atoms with van der Waals surface area (Å²) in [5.41, 5.74) is 3.72. The standard InChI is InChI=1S/C27H19Cl2N3O3S/c1-31-25(33)24(36-27(31)30-19-9-7-17(8-10-19)26(34)35)13-18-15-32(23-5-3-2-4-20(18)23)14-16-6-11-21(28)22(29)12-16/h2-13,15H,14H2,1H3,(H,34,35)/b24-13-,30-27?. The van der Waals surface area contributed by atoms with E-state index in [2.05, 4.69) is 9.56 Å². The first-order valence-corrected chi connectivity index (χ1v) is 12.5. The Morgan fingerprint density at radius 1 is 1.06 bits per heavy atom. The van der Waals surface area contributed by atoms with Gasteiger partial charge in [0.1, 0.15) is 0 Å². The van der Waals surface area contributed by atoms with Crippen LogP contribution in [0.3, 0.4) is 0 Å². The molecule has 1 aliphatic rings. The van der Waals surface area contributed by atoms with E-state index in [0.717, 1.165) is 22.0 Å². The van der Waals surface area contributed by atoms with Crippen LogP contribution in [0.2, 0.25) is 10.0 Å². The number of carboxylic acids is 1. The minimum atomic E-state index is -1.000. The molecular weight excluding hydrogens is 517 g/mol. The Morgan fingerprint density at radius 2 is 1.81 bits per heavy atom. The van der Waals surface area contributed by atoms with Crippen molar-refractivity contribution in [3.63, 3.8) is 0 Å². The maximum Gasteiger partial charge on any atom is 0.335 e. The zero-order valence-electron chi connectivity index (χ0n) is 19.0. The first kappa shape index (κ1) is 24.2. The Morgan fingerprint density at radius 3 is 2.53 bits per heavy atom. The lowest BCUT2D eigenvalue weighted by molar-refractivity contribution is -0.121. The van der Waals surface area contributed by atoms with E-state index in [1.807, 2.05) is 48.7 Å². The maximum absolute atomic E-state index is 13.0. The molecule has 0 aliphatic carbocycles. The third-order valence-corrected chi connectivity index (χ3v) is 7.58. The van der Waals surface area contributed by atoms with Crippen LogP contribution in [-0.2, 0) is 11.3 Å². The highest BCUT2D eigenvalue weighted by atomic mass is 35.5. The number of fused-ring (bicyclic) bond motifs is 1. The van der Waals surface area contributed by atoms with E-state index in [0.29, 0.717) is 32.4 Å². The van der Waals surface area contributed by atoms with E-state index >= 15 is 0 Å². The van der Waals surface area contributed by atoms with Gasteiger partial charge in [0, 0.05) is 36.3 Å². The van der Waals surface area contributed by atoms with E-state index in [1.54, 1.807) is 25.2 Å². The lowest BCUT2D eigenvalue weighted by Gasteiger charge is -2.07. The molecule has 0 spiro atoms. The zero-order valence-corrected chi connectivity index (χ0v) is 21.3. The lowest BCUT2D eigenvalue weighted by atomic mass is 10.1. The second-order valence-corrected chi connectivity index (χ2v) is 10.0. The average Bonchev–Trinajstić information content (AvgIpc) is 3.34. The minimum absolute atomic E-state index is 0.151. The third-order valence-electron chi connectivity index (χ3n) is 5.79. The normalized spacial score (nSPS) is 16.0. The Hall–Kier alpha value is -3.52. The second kappa shape index (κ2) is 9.85.